The van der Waals surface area contributed by atoms with Gasteiger partial charge in [0, 0.05) is 0 Å². The smallest absolute Gasteiger partial charge is 0.126 e. The van der Waals surface area contributed by atoms with Gasteiger partial charge in [-0.25, -0.2) is 4.39 Å². The van der Waals surface area contributed by atoms with E-state index < -0.39 is 6.10 Å². The maximum absolute atomic E-state index is 13.3. The molecular weight excluding hydrogens is 255 g/mol. The van der Waals surface area contributed by atoms with Crippen molar-refractivity contribution in [2.24, 2.45) is 0 Å². The van der Waals surface area contributed by atoms with Gasteiger partial charge in [-0.2, -0.15) is 0 Å². The lowest BCUT2D eigenvalue weighted by atomic mass is 9.99. The minimum absolute atomic E-state index is 0.263. The van der Waals surface area contributed by atoms with E-state index in [0.717, 1.165) is 17.7 Å². The van der Waals surface area contributed by atoms with Gasteiger partial charge in [-0.3, -0.25) is 0 Å². The third-order valence-electron chi connectivity index (χ3n) is 3.14. The molecule has 0 spiro atoms. The summed E-state index contributed by atoms with van der Waals surface area (Å²) in [4.78, 5) is 0. The molecule has 0 radical (unpaired) electrons. The van der Waals surface area contributed by atoms with Crippen LogP contribution in [-0.2, 0) is 0 Å². The van der Waals surface area contributed by atoms with Gasteiger partial charge in [0.15, 0.2) is 0 Å². The Hall–Kier alpha value is -1.87. The van der Waals surface area contributed by atoms with Gasteiger partial charge in [-0.05, 0) is 48.2 Å². The molecule has 1 unspecified atom stereocenters. The molecule has 0 bridgehead atoms. The molecule has 0 saturated carbocycles. The molecule has 0 amide bonds. The van der Waals surface area contributed by atoms with E-state index in [1.54, 1.807) is 19.1 Å². The topological polar surface area (TPSA) is 29.5 Å². The van der Waals surface area contributed by atoms with Crippen LogP contribution in [0.4, 0.5) is 4.39 Å². The van der Waals surface area contributed by atoms with Crippen molar-refractivity contribution in [3.05, 3.63) is 65.0 Å². The zero-order chi connectivity index (χ0) is 14.5. The second kappa shape index (κ2) is 6.53. The van der Waals surface area contributed by atoms with Crippen LogP contribution in [0.15, 0.2) is 42.5 Å². The van der Waals surface area contributed by atoms with Crippen LogP contribution in [0, 0.1) is 12.7 Å². The second-order valence-corrected chi connectivity index (χ2v) is 4.83. The highest BCUT2D eigenvalue weighted by atomic mass is 19.1. The van der Waals surface area contributed by atoms with E-state index in [9.17, 15) is 9.50 Å². The van der Waals surface area contributed by atoms with Crippen LogP contribution in [-0.4, -0.2) is 11.7 Å². The van der Waals surface area contributed by atoms with E-state index in [2.05, 4.69) is 0 Å². The summed E-state index contributed by atoms with van der Waals surface area (Å²) in [7, 11) is 0. The van der Waals surface area contributed by atoms with E-state index >= 15 is 0 Å². The molecule has 106 valence electrons. The molecule has 0 aliphatic carbocycles. The van der Waals surface area contributed by atoms with Gasteiger partial charge in [0.25, 0.3) is 0 Å². The summed E-state index contributed by atoms with van der Waals surface area (Å²) in [5, 5.41) is 10.4. The highest BCUT2D eigenvalue weighted by molar-refractivity contribution is 5.36. The third-order valence-corrected chi connectivity index (χ3v) is 3.14. The standard InChI is InChI=1S/C17H19FO2/c1-3-9-20-15-6-4-5-13(11-15)17(19)14-7-8-16(18)12(2)10-14/h4-8,10-11,17,19H,3,9H2,1-2H3. The molecule has 1 atom stereocenters. The fourth-order valence-electron chi connectivity index (χ4n) is 2.02. The van der Waals surface area contributed by atoms with Gasteiger partial charge < -0.3 is 9.84 Å². The summed E-state index contributed by atoms with van der Waals surface area (Å²) in [6.45, 7) is 4.38. The van der Waals surface area contributed by atoms with E-state index in [1.165, 1.54) is 6.07 Å². The molecule has 0 aliphatic rings. The molecule has 3 heteroatoms. The van der Waals surface area contributed by atoms with Gasteiger partial charge in [0.1, 0.15) is 17.7 Å². The number of ether oxygens (including phenoxy) is 1. The third kappa shape index (κ3) is 3.36. The Labute approximate surface area is 118 Å². The first-order valence-electron chi connectivity index (χ1n) is 6.78. The molecule has 20 heavy (non-hydrogen) atoms. The fraction of sp³-hybridized carbons (Fsp3) is 0.294. The Morgan fingerprint density at radius 3 is 2.60 bits per heavy atom. The summed E-state index contributed by atoms with van der Waals surface area (Å²) >= 11 is 0. The Morgan fingerprint density at radius 2 is 1.90 bits per heavy atom. The molecule has 2 rings (SSSR count). The Bertz CT molecular complexity index is 581. The van der Waals surface area contributed by atoms with Gasteiger partial charge in [-0.1, -0.05) is 31.2 Å². The van der Waals surface area contributed by atoms with Crippen molar-refractivity contribution in [1.82, 2.24) is 0 Å². The van der Waals surface area contributed by atoms with E-state index in [-0.39, 0.29) is 5.82 Å². The van der Waals surface area contributed by atoms with Crippen molar-refractivity contribution >= 4 is 0 Å². The summed E-state index contributed by atoms with van der Waals surface area (Å²) < 4.78 is 18.8. The van der Waals surface area contributed by atoms with E-state index in [1.807, 2.05) is 31.2 Å². The quantitative estimate of drug-likeness (QED) is 0.892. The molecule has 2 aromatic rings. The number of rotatable bonds is 5. The molecule has 1 N–H and O–H groups in total. The lowest BCUT2D eigenvalue weighted by Gasteiger charge is -2.14. The van der Waals surface area contributed by atoms with Crippen LogP contribution in [0.1, 0.15) is 36.1 Å². The van der Waals surface area contributed by atoms with Gasteiger partial charge in [-0.15, -0.1) is 0 Å². The number of aliphatic hydroxyl groups excluding tert-OH is 1. The molecule has 0 aliphatic heterocycles. The molecule has 0 aromatic heterocycles. The van der Waals surface area contributed by atoms with Crippen molar-refractivity contribution < 1.29 is 14.2 Å². The minimum Gasteiger partial charge on any atom is -0.494 e. The van der Waals surface area contributed by atoms with Crippen molar-refractivity contribution in [3.63, 3.8) is 0 Å². The largest absolute Gasteiger partial charge is 0.494 e. The number of halogens is 1. The summed E-state index contributed by atoms with van der Waals surface area (Å²) in [6, 6.07) is 12.0. The average molecular weight is 274 g/mol. The van der Waals surface area contributed by atoms with Crippen LogP contribution in [0.5, 0.6) is 5.75 Å². The summed E-state index contributed by atoms with van der Waals surface area (Å²) in [5.74, 6) is 0.475. The summed E-state index contributed by atoms with van der Waals surface area (Å²) in [5.41, 5.74) is 1.95. The average Bonchev–Trinajstić information content (AvgIpc) is 2.47. The van der Waals surface area contributed by atoms with Crippen LogP contribution in [0.3, 0.4) is 0 Å². The Morgan fingerprint density at radius 1 is 1.15 bits per heavy atom. The minimum atomic E-state index is -0.778. The van der Waals surface area contributed by atoms with Gasteiger partial charge in [0.2, 0.25) is 0 Å². The Balaban J connectivity index is 2.23. The second-order valence-electron chi connectivity index (χ2n) is 4.83. The van der Waals surface area contributed by atoms with Crippen LogP contribution in [0.25, 0.3) is 0 Å². The number of aryl methyl sites for hydroxylation is 1. The van der Waals surface area contributed by atoms with Crippen molar-refractivity contribution in [2.45, 2.75) is 26.4 Å². The number of hydrogen-bond acceptors (Lipinski definition) is 2. The molecular formula is C17H19FO2. The number of benzene rings is 2. The van der Waals surface area contributed by atoms with Crippen LogP contribution >= 0.6 is 0 Å². The Kier molecular flexibility index (Phi) is 4.74. The summed E-state index contributed by atoms with van der Waals surface area (Å²) in [6.07, 6.45) is 0.156. The maximum atomic E-state index is 13.3. The predicted octanol–water partition coefficient (Wildman–Crippen LogP) is 4.00. The number of aliphatic hydroxyl groups is 1. The van der Waals surface area contributed by atoms with Crippen LogP contribution in [0.2, 0.25) is 0 Å². The van der Waals surface area contributed by atoms with Crippen molar-refractivity contribution in [3.8, 4) is 5.75 Å². The molecule has 0 saturated heterocycles. The normalized spacial score (nSPS) is 12.2. The first kappa shape index (κ1) is 14.5. The molecule has 0 heterocycles. The lowest BCUT2D eigenvalue weighted by molar-refractivity contribution is 0.219. The van der Waals surface area contributed by atoms with Gasteiger partial charge in [0.05, 0.1) is 6.61 Å². The van der Waals surface area contributed by atoms with Crippen LogP contribution < -0.4 is 4.74 Å². The van der Waals surface area contributed by atoms with Crippen molar-refractivity contribution in [1.29, 1.82) is 0 Å². The van der Waals surface area contributed by atoms with E-state index in [4.69, 9.17) is 4.74 Å². The monoisotopic (exact) mass is 274 g/mol. The number of hydrogen-bond donors (Lipinski definition) is 1. The van der Waals surface area contributed by atoms with Gasteiger partial charge >= 0.3 is 0 Å². The highest BCUT2D eigenvalue weighted by Crippen LogP contribution is 2.26. The maximum Gasteiger partial charge on any atom is 0.126 e. The SMILES string of the molecule is CCCOc1cccc(C(O)c2ccc(F)c(C)c2)c1. The van der Waals surface area contributed by atoms with E-state index in [0.29, 0.717) is 17.7 Å². The fourth-order valence-corrected chi connectivity index (χ4v) is 2.02. The molecule has 2 aromatic carbocycles. The molecule has 2 nitrogen and oxygen atoms in total. The first-order chi connectivity index (χ1) is 9.61. The molecule has 0 fully saturated rings. The zero-order valence-electron chi connectivity index (χ0n) is 11.8. The highest BCUT2D eigenvalue weighted by Gasteiger charge is 2.12. The zero-order valence-corrected chi connectivity index (χ0v) is 11.8. The predicted molar refractivity (Wildman–Crippen MR) is 77.4 cm³/mol. The van der Waals surface area contributed by atoms with Crippen molar-refractivity contribution in [2.75, 3.05) is 6.61 Å². The first-order valence-corrected chi connectivity index (χ1v) is 6.78. The lowest BCUT2D eigenvalue weighted by Crippen LogP contribution is -2.02.